The quantitative estimate of drug-likeness (QED) is 0.781. The summed E-state index contributed by atoms with van der Waals surface area (Å²) in [6, 6.07) is 8.01. The van der Waals surface area contributed by atoms with Gasteiger partial charge in [0.25, 0.3) is 0 Å². The van der Waals surface area contributed by atoms with Gasteiger partial charge < -0.3 is 10.3 Å². The van der Waals surface area contributed by atoms with Crippen LogP contribution in [0, 0.1) is 18.3 Å². The fourth-order valence-electron chi connectivity index (χ4n) is 5.34. The first-order valence-corrected chi connectivity index (χ1v) is 10.9. The minimum Gasteiger partial charge on any atom is -0.366 e. The van der Waals surface area contributed by atoms with Crippen LogP contribution in [-0.2, 0) is 12.8 Å². The molecule has 1 saturated carbocycles. The Labute approximate surface area is 173 Å². The van der Waals surface area contributed by atoms with Gasteiger partial charge in [-0.3, -0.25) is 9.59 Å². The third-order valence-corrected chi connectivity index (χ3v) is 6.72. The molecule has 1 amide bonds. The second-order valence-electron chi connectivity index (χ2n) is 9.84. The molecular weight excluding hydrogens is 360 g/mol. The monoisotopic (exact) mass is 392 g/mol. The smallest absolute Gasteiger partial charge is 0.248 e. The van der Waals surface area contributed by atoms with Crippen molar-refractivity contribution in [3.8, 4) is 5.69 Å². The molecule has 1 aromatic heterocycles. The Morgan fingerprint density at radius 3 is 2.55 bits per heavy atom. The van der Waals surface area contributed by atoms with Gasteiger partial charge in [0.1, 0.15) is 0 Å². The molecule has 0 spiro atoms. The van der Waals surface area contributed by atoms with Crippen LogP contribution in [-0.4, -0.2) is 16.3 Å². The number of hydrogen-bond donors (Lipinski definition) is 1. The predicted octanol–water partition coefficient (Wildman–Crippen LogP) is 5.16. The molecule has 1 fully saturated rings. The van der Waals surface area contributed by atoms with Gasteiger partial charge in [-0.15, -0.1) is 0 Å². The van der Waals surface area contributed by atoms with E-state index in [4.69, 9.17) is 5.73 Å². The number of carbonyl (C=O) groups is 2. The summed E-state index contributed by atoms with van der Waals surface area (Å²) < 4.78 is 2.21. The largest absolute Gasteiger partial charge is 0.366 e. The summed E-state index contributed by atoms with van der Waals surface area (Å²) in [5, 5.41) is 0. The van der Waals surface area contributed by atoms with E-state index in [2.05, 4.69) is 31.4 Å². The molecule has 4 rings (SSSR count). The van der Waals surface area contributed by atoms with E-state index in [-0.39, 0.29) is 17.1 Å². The van der Waals surface area contributed by atoms with Crippen LogP contribution in [0.5, 0.6) is 0 Å². The van der Waals surface area contributed by atoms with E-state index in [1.165, 1.54) is 32.1 Å². The number of rotatable bonds is 4. The Hall–Kier alpha value is -2.36. The molecule has 0 bridgehead atoms. The first-order chi connectivity index (χ1) is 13.7. The molecule has 154 valence electrons. The topological polar surface area (TPSA) is 65.1 Å². The van der Waals surface area contributed by atoms with Crippen molar-refractivity contribution in [3.05, 3.63) is 52.3 Å². The molecular formula is C25H32N2O2. The van der Waals surface area contributed by atoms with Crippen LogP contribution in [0.4, 0.5) is 0 Å². The lowest BCUT2D eigenvalue weighted by Gasteiger charge is -2.30. The number of nitrogens with two attached hydrogens (primary N) is 1. The first-order valence-electron chi connectivity index (χ1n) is 10.9. The minimum atomic E-state index is -0.357. The molecule has 0 radical (unpaired) electrons. The molecule has 0 saturated heterocycles. The van der Waals surface area contributed by atoms with Crippen molar-refractivity contribution in [2.24, 2.45) is 17.1 Å². The number of benzene rings is 1. The number of aromatic nitrogens is 1. The number of amides is 1. The lowest BCUT2D eigenvalue weighted by molar-refractivity contribution is 0.0910. The summed E-state index contributed by atoms with van der Waals surface area (Å²) in [6.07, 6.45) is 8.69. The first kappa shape index (κ1) is 19.9. The average Bonchev–Trinajstić information content (AvgIpc) is 2.97. The molecule has 0 atom stereocenters. The second-order valence-corrected chi connectivity index (χ2v) is 9.84. The molecule has 4 nitrogen and oxygen atoms in total. The number of fused-ring (bicyclic) bond motifs is 1. The van der Waals surface area contributed by atoms with E-state index in [0.29, 0.717) is 17.9 Å². The van der Waals surface area contributed by atoms with Gasteiger partial charge in [-0.05, 0) is 60.9 Å². The van der Waals surface area contributed by atoms with E-state index < -0.39 is 0 Å². The van der Waals surface area contributed by atoms with E-state index in [0.717, 1.165) is 41.0 Å². The Balaban J connectivity index is 1.77. The number of ketones is 1. The number of primary amides is 1. The van der Waals surface area contributed by atoms with Crippen molar-refractivity contribution in [3.63, 3.8) is 0 Å². The summed E-state index contributed by atoms with van der Waals surface area (Å²) in [7, 11) is 0. The maximum absolute atomic E-state index is 12.7. The molecule has 4 heteroatoms. The van der Waals surface area contributed by atoms with E-state index in [1.54, 1.807) is 0 Å². The van der Waals surface area contributed by atoms with Crippen LogP contribution in [0.3, 0.4) is 0 Å². The number of Topliss-reactive ketones (excluding diaryl/α,β-unsaturated/α-hetero) is 1. The molecule has 2 N–H and O–H groups in total. The van der Waals surface area contributed by atoms with E-state index in [9.17, 15) is 9.59 Å². The predicted molar refractivity (Wildman–Crippen MR) is 116 cm³/mol. The number of hydrogen-bond acceptors (Lipinski definition) is 2. The van der Waals surface area contributed by atoms with Gasteiger partial charge in [-0.1, -0.05) is 46.0 Å². The number of carbonyl (C=O) groups excluding carboxylic acids is 2. The van der Waals surface area contributed by atoms with E-state index >= 15 is 0 Å². The van der Waals surface area contributed by atoms with Crippen LogP contribution in [0.1, 0.15) is 90.0 Å². The lowest BCUT2D eigenvalue weighted by Crippen LogP contribution is -2.28. The molecule has 1 heterocycles. The highest BCUT2D eigenvalue weighted by Gasteiger charge is 2.34. The molecule has 2 aromatic rings. The Kier molecular flexibility index (Phi) is 5.14. The van der Waals surface area contributed by atoms with Gasteiger partial charge in [0.05, 0.1) is 0 Å². The fraction of sp³-hybridized carbons (Fsp3) is 0.520. The van der Waals surface area contributed by atoms with Crippen LogP contribution < -0.4 is 5.73 Å². The Bertz CT molecular complexity index is 961. The van der Waals surface area contributed by atoms with E-state index in [1.807, 2.05) is 18.2 Å². The molecule has 29 heavy (non-hydrogen) atoms. The van der Waals surface area contributed by atoms with Crippen molar-refractivity contribution in [2.45, 2.75) is 72.1 Å². The summed E-state index contributed by atoms with van der Waals surface area (Å²) in [4.78, 5) is 24.8. The number of nitrogens with zero attached hydrogens (tertiary/aromatic N) is 1. The normalized spacial score (nSPS) is 19.2. The van der Waals surface area contributed by atoms with Crippen molar-refractivity contribution in [1.82, 2.24) is 4.57 Å². The summed E-state index contributed by atoms with van der Waals surface area (Å²) >= 11 is 0. The van der Waals surface area contributed by atoms with Crippen LogP contribution in [0.2, 0.25) is 0 Å². The second kappa shape index (κ2) is 7.47. The highest BCUT2D eigenvalue weighted by Crippen LogP contribution is 2.38. The number of aryl methyl sites for hydroxylation is 1. The van der Waals surface area contributed by atoms with Gasteiger partial charge in [0.15, 0.2) is 5.78 Å². The maximum atomic E-state index is 12.7. The van der Waals surface area contributed by atoms with Gasteiger partial charge in [-0.25, -0.2) is 0 Å². The van der Waals surface area contributed by atoms with Crippen molar-refractivity contribution in [2.75, 3.05) is 0 Å². The van der Waals surface area contributed by atoms with Gasteiger partial charge in [0, 0.05) is 34.6 Å². The third-order valence-electron chi connectivity index (χ3n) is 6.72. The third kappa shape index (κ3) is 3.90. The standard InChI is InChI=1S/C25H32N2O2/c1-16-11-21-22(14-25(2,3)15-23(21)28)27(16)19-9-10-20(24(26)29)18(13-19)12-17-7-5-4-6-8-17/h9-11,13,17H,4-8,12,14-15H2,1-3H3,(H2,26,29). The SMILES string of the molecule is Cc1cc2c(n1-c1ccc(C(N)=O)c(CC3CCCCC3)c1)CC(C)(C)CC2=O. The van der Waals surface area contributed by atoms with Crippen molar-refractivity contribution < 1.29 is 9.59 Å². The lowest BCUT2D eigenvalue weighted by atomic mass is 9.76. The Morgan fingerprint density at radius 1 is 1.14 bits per heavy atom. The van der Waals surface area contributed by atoms with Crippen molar-refractivity contribution >= 4 is 11.7 Å². The van der Waals surface area contributed by atoms with Crippen LogP contribution in [0.15, 0.2) is 24.3 Å². The fourth-order valence-corrected chi connectivity index (χ4v) is 5.34. The maximum Gasteiger partial charge on any atom is 0.248 e. The van der Waals surface area contributed by atoms with Crippen LogP contribution >= 0.6 is 0 Å². The highest BCUT2D eigenvalue weighted by atomic mass is 16.1. The van der Waals surface area contributed by atoms with Crippen LogP contribution in [0.25, 0.3) is 5.69 Å². The van der Waals surface area contributed by atoms with Crippen molar-refractivity contribution in [1.29, 1.82) is 0 Å². The van der Waals surface area contributed by atoms with Gasteiger partial charge in [-0.2, -0.15) is 0 Å². The highest BCUT2D eigenvalue weighted by molar-refractivity contribution is 5.99. The Morgan fingerprint density at radius 2 is 1.86 bits per heavy atom. The summed E-state index contributed by atoms with van der Waals surface area (Å²) in [5.41, 5.74) is 11.4. The zero-order valence-corrected chi connectivity index (χ0v) is 17.9. The molecule has 0 aliphatic heterocycles. The minimum absolute atomic E-state index is 0.0370. The van der Waals surface area contributed by atoms with Gasteiger partial charge in [0.2, 0.25) is 5.91 Å². The average molecular weight is 393 g/mol. The molecule has 2 aliphatic rings. The molecule has 0 unspecified atom stereocenters. The molecule has 1 aromatic carbocycles. The zero-order chi connectivity index (χ0) is 20.8. The zero-order valence-electron chi connectivity index (χ0n) is 17.9. The van der Waals surface area contributed by atoms with Gasteiger partial charge >= 0.3 is 0 Å². The summed E-state index contributed by atoms with van der Waals surface area (Å²) in [5.74, 6) is 0.497. The molecule has 2 aliphatic carbocycles. The summed E-state index contributed by atoms with van der Waals surface area (Å²) in [6.45, 7) is 6.37.